The Labute approximate surface area is 458 Å². The molecule has 74 heavy (non-hydrogen) atoms. The molecule has 0 aromatic heterocycles. The van der Waals surface area contributed by atoms with Gasteiger partial charge in [-0.05, 0) is 122 Å². The first-order chi connectivity index (χ1) is 36.5. The van der Waals surface area contributed by atoms with Crippen molar-refractivity contribution in [1.29, 1.82) is 0 Å². The van der Waals surface area contributed by atoms with Crippen molar-refractivity contribution in [1.82, 2.24) is 0 Å². The number of hydrogen-bond acceptors (Lipinski definition) is 6. The summed E-state index contributed by atoms with van der Waals surface area (Å²) in [5.74, 6) is -0.910. The van der Waals surface area contributed by atoms with E-state index < -0.39 is 6.10 Å². The molecular formula is C68H118O6. The van der Waals surface area contributed by atoms with Crippen molar-refractivity contribution in [3.8, 4) is 0 Å². The van der Waals surface area contributed by atoms with Crippen LogP contribution in [0, 0.1) is 0 Å². The summed E-state index contributed by atoms with van der Waals surface area (Å²) in [5, 5.41) is 0. The van der Waals surface area contributed by atoms with Crippen molar-refractivity contribution in [3.05, 3.63) is 85.1 Å². The highest BCUT2D eigenvalue weighted by molar-refractivity contribution is 5.71. The van der Waals surface area contributed by atoms with E-state index in [0.717, 1.165) is 122 Å². The van der Waals surface area contributed by atoms with E-state index in [0.29, 0.717) is 19.3 Å². The van der Waals surface area contributed by atoms with Crippen LogP contribution in [0.1, 0.15) is 310 Å². The molecule has 0 amide bonds. The van der Waals surface area contributed by atoms with E-state index in [2.05, 4.69) is 106 Å². The molecule has 0 heterocycles. The number of carbonyl (C=O) groups is 3. The van der Waals surface area contributed by atoms with Crippen molar-refractivity contribution in [2.24, 2.45) is 0 Å². The van der Waals surface area contributed by atoms with Gasteiger partial charge in [-0.1, -0.05) is 254 Å². The Kier molecular flexibility index (Phi) is 59.3. The van der Waals surface area contributed by atoms with E-state index in [9.17, 15) is 14.4 Å². The Morgan fingerprint density at radius 3 is 0.797 bits per heavy atom. The van der Waals surface area contributed by atoms with Crippen LogP contribution in [-0.4, -0.2) is 37.2 Å². The van der Waals surface area contributed by atoms with Crippen LogP contribution in [0.25, 0.3) is 0 Å². The molecule has 0 spiro atoms. The third-order valence-corrected chi connectivity index (χ3v) is 13.6. The topological polar surface area (TPSA) is 78.9 Å². The van der Waals surface area contributed by atoms with Crippen LogP contribution >= 0.6 is 0 Å². The summed E-state index contributed by atoms with van der Waals surface area (Å²) in [6.45, 7) is 6.58. The Balaban J connectivity index is 4.36. The van der Waals surface area contributed by atoms with Crippen LogP contribution < -0.4 is 0 Å². The second-order valence-corrected chi connectivity index (χ2v) is 21.0. The van der Waals surface area contributed by atoms with Crippen LogP contribution in [0.2, 0.25) is 0 Å². The van der Waals surface area contributed by atoms with Crippen molar-refractivity contribution in [2.45, 2.75) is 316 Å². The lowest BCUT2D eigenvalue weighted by Crippen LogP contribution is -2.30. The highest BCUT2D eigenvalue weighted by atomic mass is 16.6. The molecule has 0 rings (SSSR count). The van der Waals surface area contributed by atoms with Gasteiger partial charge in [0.1, 0.15) is 13.2 Å². The highest BCUT2D eigenvalue weighted by Crippen LogP contribution is 2.15. The van der Waals surface area contributed by atoms with Gasteiger partial charge in [0.15, 0.2) is 6.10 Å². The maximum atomic E-state index is 12.9. The van der Waals surface area contributed by atoms with Gasteiger partial charge < -0.3 is 14.2 Å². The van der Waals surface area contributed by atoms with Gasteiger partial charge >= 0.3 is 17.9 Å². The van der Waals surface area contributed by atoms with E-state index in [1.807, 2.05) is 0 Å². The van der Waals surface area contributed by atoms with Crippen molar-refractivity contribution in [3.63, 3.8) is 0 Å². The van der Waals surface area contributed by atoms with Gasteiger partial charge in [-0.3, -0.25) is 14.4 Å². The van der Waals surface area contributed by atoms with Gasteiger partial charge in [0.25, 0.3) is 0 Å². The Morgan fingerprint density at radius 2 is 0.486 bits per heavy atom. The molecule has 1 atom stereocenters. The first-order valence-corrected chi connectivity index (χ1v) is 31.6. The van der Waals surface area contributed by atoms with Crippen LogP contribution in [0.3, 0.4) is 0 Å². The molecular weight excluding hydrogens is 913 g/mol. The normalized spacial score (nSPS) is 12.6. The van der Waals surface area contributed by atoms with Crippen LogP contribution in [0.4, 0.5) is 0 Å². The van der Waals surface area contributed by atoms with Crippen molar-refractivity contribution in [2.75, 3.05) is 13.2 Å². The standard InChI is InChI=1S/C68H118O6/c1-4-7-10-13-16-19-22-25-28-30-31-32-33-34-35-36-37-38-41-43-46-49-52-55-58-61-67(70)73-64-65(63-72-66(69)60-57-54-51-48-45-42-39-27-24-21-18-15-12-9-6-3)74-68(71)62-59-56-53-50-47-44-40-29-26-23-20-17-14-11-8-5-2/h18,20-23,25,27,29-31,33-34,39-40,65H,4-17,19,24,26,28,32,35-38,41-64H2,1-3H3/b21-18-,23-20-,25-22-,31-30-,34-33-,39-27-,40-29-. The SMILES string of the molecule is CCCCC/C=C\C/C=C\CCCCCCCC(=O)OCC(COC(=O)CCCCCCCCCCCC/C=C\C/C=C\C/C=C\CCCCCCC)OC(=O)CCCCCCC/C=C\C/C=C\CCCCCC. The molecule has 6 heteroatoms. The van der Waals surface area contributed by atoms with E-state index in [1.165, 1.54) is 148 Å². The number of carbonyl (C=O) groups excluding carboxylic acids is 3. The zero-order chi connectivity index (χ0) is 53.6. The lowest BCUT2D eigenvalue weighted by Gasteiger charge is -2.18. The van der Waals surface area contributed by atoms with Crippen LogP contribution in [0.5, 0.6) is 0 Å². The smallest absolute Gasteiger partial charge is 0.306 e. The minimum atomic E-state index is -0.793. The van der Waals surface area contributed by atoms with Gasteiger partial charge in [0.05, 0.1) is 0 Å². The minimum absolute atomic E-state index is 0.0884. The summed E-state index contributed by atoms with van der Waals surface area (Å²) in [6, 6.07) is 0. The molecule has 0 radical (unpaired) electrons. The molecule has 426 valence electrons. The first kappa shape index (κ1) is 70.6. The van der Waals surface area contributed by atoms with E-state index >= 15 is 0 Å². The summed E-state index contributed by atoms with van der Waals surface area (Å²) in [6.07, 6.45) is 81.5. The monoisotopic (exact) mass is 1030 g/mol. The first-order valence-electron chi connectivity index (χ1n) is 31.6. The third-order valence-electron chi connectivity index (χ3n) is 13.6. The predicted molar refractivity (Wildman–Crippen MR) is 321 cm³/mol. The average molecular weight is 1030 g/mol. The number of hydrogen-bond donors (Lipinski definition) is 0. The number of esters is 3. The van der Waals surface area contributed by atoms with Gasteiger partial charge in [0, 0.05) is 19.3 Å². The van der Waals surface area contributed by atoms with Crippen LogP contribution in [-0.2, 0) is 28.6 Å². The highest BCUT2D eigenvalue weighted by Gasteiger charge is 2.19. The van der Waals surface area contributed by atoms with E-state index in [-0.39, 0.29) is 31.1 Å². The van der Waals surface area contributed by atoms with Gasteiger partial charge in [-0.25, -0.2) is 0 Å². The molecule has 0 aliphatic rings. The Bertz CT molecular complexity index is 1420. The Hall–Kier alpha value is -3.41. The summed E-state index contributed by atoms with van der Waals surface area (Å²) in [5.41, 5.74) is 0. The van der Waals surface area contributed by atoms with Gasteiger partial charge in [-0.15, -0.1) is 0 Å². The average Bonchev–Trinajstić information content (AvgIpc) is 3.40. The molecule has 0 fully saturated rings. The molecule has 0 aromatic carbocycles. The second-order valence-electron chi connectivity index (χ2n) is 21.0. The quantitative estimate of drug-likeness (QED) is 0.0261. The molecule has 0 saturated carbocycles. The summed E-state index contributed by atoms with van der Waals surface area (Å²) >= 11 is 0. The van der Waals surface area contributed by atoms with E-state index in [1.54, 1.807) is 0 Å². The lowest BCUT2D eigenvalue weighted by molar-refractivity contribution is -0.167. The maximum absolute atomic E-state index is 12.9. The van der Waals surface area contributed by atoms with Crippen molar-refractivity contribution >= 4 is 17.9 Å². The van der Waals surface area contributed by atoms with Gasteiger partial charge in [0.2, 0.25) is 0 Å². The summed E-state index contributed by atoms with van der Waals surface area (Å²) in [4.78, 5) is 38.3. The molecule has 6 nitrogen and oxygen atoms in total. The molecule has 0 saturated heterocycles. The summed E-state index contributed by atoms with van der Waals surface area (Å²) in [7, 11) is 0. The lowest BCUT2D eigenvalue weighted by atomic mass is 10.1. The molecule has 0 aliphatic heterocycles. The number of unbranched alkanes of at least 4 members (excludes halogenated alkanes) is 32. The molecule has 1 unspecified atom stereocenters. The summed E-state index contributed by atoms with van der Waals surface area (Å²) < 4.78 is 16.9. The molecule has 0 aliphatic carbocycles. The fourth-order valence-corrected chi connectivity index (χ4v) is 8.80. The Morgan fingerprint density at radius 1 is 0.270 bits per heavy atom. The zero-order valence-electron chi connectivity index (χ0n) is 48.8. The fraction of sp³-hybridized carbons (Fsp3) is 0.750. The number of allylic oxidation sites excluding steroid dienone is 14. The number of rotatable bonds is 57. The molecule has 0 N–H and O–H groups in total. The molecule has 0 bridgehead atoms. The van der Waals surface area contributed by atoms with E-state index in [4.69, 9.17) is 14.2 Å². The second kappa shape index (κ2) is 62.1. The maximum Gasteiger partial charge on any atom is 0.306 e. The third kappa shape index (κ3) is 59.5. The number of ether oxygens (including phenoxy) is 3. The predicted octanol–water partition coefficient (Wildman–Crippen LogP) is 21.5. The fourth-order valence-electron chi connectivity index (χ4n) is 8.80. The zero-order valence-corrected chi connectivity index (χ0v) is 48.8. The molecule has 0 aromatic rings. The van der Waals surface area contributed by atoms with Crippen LogP contribution in [0.15, 0.2) is 85.1 Å². The van der Waals surface area contributed by atoms with Gasteiger partial charge in [-0.2, -0.15) is 0 Å². The van der Waals surface area contributed by atoms with Crippen molar-refractivity contribution < 1.29 is 28.6 Å². The largest absolute Gasteiger partial charge is 0.462 e. The minimum Gasteiger partial charge on any atom is -0.462 e.